The van der Waals surface area contributed by atoms with Crippen LogP contribution in [-0.2, 0) is 14.3 Å². The van der Waals surface area contributed by atoms with Crippen LogP contribution in [-0.4, -0.2) is 22.8 Å². The topological polar surface area (TPSA) is 107 Å². The standard InChI is InChI=1S/C13H12O.C9H7NO5/c14-13(11-7-3-1-4-8-11)12-9-5-2-6-10-12;11-5-9(15-6-12)7-3-1-2-4-8(7)10(13)14/h1-10,13-14H;1-6,9H. The fourth-order valence-corrected chi connectivity index (χ4v) is 2.60. The van der Waals surface area contributed by atoms with E-state index in [2.05, 4.69) is 4.74 Å². The first kappa shape index (κ1) is 21.5. The van der Waals surface area contributed by atoms with Crippen LogP contribution in [0.4, 0.5) is 5.69 Å². The zero-order chi connectivity index (χ0) is 21.1. The molecule has 148 valence electrons. The van der Waals surface area contributed by atoms with Crippen LogP contribution in [0.5, 0.6) is 0 Å². The van der Waals surface area contributed by atoms with Crippen LogP contribution in [0, 0.1) is 10.1 Å². The molecule has 1 unspecified atom stereocenters. The zero-order valence-corrected chi connectivity index (χ0v) is 15.3. The SMILES string of the molecule is O=COC(C=O)c1ccccc1[N+](=O)[O-].OC(c1ccccc1)c1ccccc1. The molecular weight excluding hydrogens is 374 g/mol. The average Bonchev–Trinajstić information content (AvgIpc) is 2.78. The molecule has 0 aromatic heterocycles. The Balaban J connectivity index is 0.000000207. The molecule has 0 fully saturated rings. The van der Waals surface area contributed by atoms with E-state index in [9.17, 15) is 24.8 Å². The molecule has 0 aliphatic carbocycles. The van der Waals surface area contributed by atoms with Crippen LogP contribution < -0.4 is 0 Å². The number of aldehydes is 1. The van der Waals surface area contributed by atoms with Gasteiger partial charge in [-0.1, -0.05) is 72.8 Å². The van der Waals surface area contributed by atoms with E-state index in [-0.39, 0.29) is 17.7 Å². The third-order valence-corrected chi connectivity index (χ3v) is 4.00. The molecule has 1 N–H and O–H groups in total. The van der Waals surface area contributed by atoms with Crippen molar-refractivity contribution in [1.82, 2.24) is 0 Å². The quantitative estimate of drug-likeness (QED) is 0.372. The van der Waals surface area contributed by atoms with Gasteiger partial charge in [0.25, 0.3) is 12.2 Å². The Morgan fingerprint density at radius 3 is 1.76 bits per heavy atom. The fourth-order valence-electron chi connectivity index (χ4n) is 2.60. The van der Waals surface area contributed by atoms with E-state index in [1.807, 2.05) is 60.7 Å². The van der Waals surface area contributed by atoms with E-state index in [0.717, 1.165) is 11.1 Å². The summed E-state index contributed by atoms with van der Waals surface area (Å²) < 4.78 is 4.41. The lowest BCUT2D eigenvalue weighted by molar-refractivity contribution is -0.386. The second kappa shape index (κ2) is 11.1. The summed E-state index contributed by atoms with van der Waals surface area (Å²) in [7, 11) is 0. The van der Waals surface area contributed by atoms with Crippen molar-refractivity contribution < 1.29 is 24.4 Å². The molecule has 0 aliphatic rings. The Morgan fingerprint density at radius 2 is 1.31 bits per heavy atom. The van der Waals surface area contributed by atoms with Crippen molar-refractivity contribution in [1.29, 1.82) is 0 Å². The smallest absolute Gasteiger partial charge is 0.294 e. The second-order valence-corrected chi connectivity index (χ2v) is 5.83. The minimum Gasteiger partial charge on any atom is -0.452 e. The third kappa shape index (κ3) is 6.08. The first-order valence-electron chi connectivity index (χ1n) is 8.64. The van der Waals surface area contributed by atoms with Gasteiger partial charge in [0.15, 0.2) is 12.4 Å². The van der Waals surface area contributed by atoms with Crippen LogP contribution in [0.2, 0.25) is 0 Å². The number of ether oxygens (including phenoxy) is 1. The molecule has 0 bridgehead atoms. The van der Waals surface area contributed by atoms with Crippen molar-refractivity contribution in [3.05, 3.63) is 112 Å². The summed E-state index contributed by atoms with van der Waals surface area (Å²) in [5.41, 5.74) is 1.67. The number of nitro benzene ring substituents is 1. The number of carbonyl (C=O) groups excluding carboxylic acids is 2. The van der Waals surface area contributed by atoms with E-state index < -0.39 is 17.1 Å². The molecule has 0 heterocycles. The van der Waals surface area contributed by atoms with E-state index in [0.29, 0.717) is 6.29 Å². The normalized spacial score (nSPS) is 11.0. The predicted molar refractivity (Wildman–Crippen MR) is 106 cm³/mol. The van der Waals surface area contributed by atoms with Gasteiger partial charge < -0.3 is 9.84 Å². The molecule has 3 aromatic carbocycles. The number of nitrogens with zero attached hydrogens (tertiary/aromatic N) is 1. The lowest BCUT2D eigenvalue weighted by atomic mass is 10.0. The lowest BCUT2D eigenvalue weighted by Crippen LogP contribution is -2.07. The van der Waals surface area contributed by atoms with Crippen LogP contribution in [0.1, 0.15) is 28.9 Å². The van der Waals surface area contributed by atoms with Gasteiger partial charge in [-0.2, -0.15) is 0 Å². The number of hydrogen-bond acceptors (Lipinski definition) is 6. The lowest BCUT2D eigenvalue weighted by Gasteiger charge is -2.10. The maximum absolute atomic E-state index is 10.6. The number of benzene rings is 3. The molecule has 0 spiro atoms. The molecule has 29 heavy (non-hydrogen) atoms. The Labute approximate surface area is 167 Å². The first-order valence-corrected chi connectivity index (χ1v) is 8.64. The molecule has 3 rings (SSSR count). The van der Waals surface area contributed by atoms with Gasteiger partial charge in [-0.3, -0.25) is 19.7 Å². The summed E-state index contributed by atoms with van der Waals surface area (Å²) >= 11 is 0. The summed E-state index contributed by atoms with van der Waals surface area (Å²) in [5.74, 6) is 0. The Morgan fingerprint density at radius 1 is 0.828 bits per heavy atom. The number of hydrogen-bond donors (Lipinski definition) is 1. The molecule has 0 aliphatic heterocycles. The van der Waals surface area contributed by atoms with Crippen LogP contribution in [0.15, 0.2) is 84.9 Å². The Bertz CT molecular complexity index is 891. The van der Waals surface area contributed by atoms with Crippen molar-refractivity contribution in [3.63, 3.8) is 0 Å². The van der Waals surface area contributed by atoms with Gasteiger partial charge in [-0.25, -0.2) is 0 Å². The molecule has 1 atom stereocenters. The van der Waals surface area contributed by atoms with Crippen molar-refractivity contribution >= 4 is 18.4 Å². The van der Waals surface area contributed by atoms with Crippen LogP contribution in [0.25, 0.3) is 0 Å². The van der Waals surface area contributed by atoms with Gasteiger partial charge in [0, 0.05) is 6.07 Å². The van der Waals surface area contributed by atoms with E-state index >= 15 is 0 Å². The highest BCUT2D eigenvalue weighted by atomic mass is 16.6. The van der Waals surface area contributed by atoms with Crippen molar-refractivity contribution in [2.24, 2.45) is 0 Å². The fraction of sp³-hybridized carbons (Fsp3) is 0.0909. The highest BCUT2D eigenvalue weighted by Gasteiger charge is 2.21. The molecule has 0 saturated heterocycles. The van der Waals surface area contributed by atoms with E-state index in [4.69, 9.17) is 0 Å². The molecule has 7 nitrogen and oxygen atoms in total. The van der Waals surface area contributed by atoms with Crippen LogP contribution >= 0.6 is 0 Å². The molecule has 0 radical (unpaired) electrons. The van der Waals surface area contributed by atoms with Crippen molar-refractivity contribution in [2.75, 3.05) is 0 Å². The number of aliphatic hydroxyl groups is 1. The van der Waals surface area contributed by atoms with E-state index in [1.54, 1.807) is 0 Å². The number of rotatable bonds is 7. The maximum atomic E-state index is 10.6. The molecule has 0 amide bonds. The zero-order valence-electron chi connectivity index (χ0n) is 15.3. The summed E-state index contributed by atoms with van der Waals surface area (Å²) in [6, 6.07) is 24.9. The Kier molecular flexibility index (Phi) is 8.22. The third-order valence-electron chi connectivity index (χ3n) is 4.00. The number of nitro groups is 1. The monoisotopic (exact) mass is 393 g/mol. The van der Waals surface area contributed by atoms with Gasteiger partial charge in [-0.15, -0.1) is 0 Å². The maximum Gasteiger partial charge on any atom is 0.294 e. The Hall–Kier alpha value is -3.84. The van der Waals surface area contributed by atoms with Crippen LogP contribution in [0.3, 0.4) is 0 Å². The largest absolute Gasteiger partial charge is 0.452 e. The van der Waals surface area contributed by atoms with Gasteiger partial charge in [0.1, 0.15) is 6.10 Å². The number of para-hydroxylation sites is 1. The van der Waals surface area contributed by atoms with Crippen molar-refractivity contribution in [2.45, 2.75) is 12.2 Å². The minimum atomic E-state index is -1.23. The molecule has 0 saturated carbocycles. The summed E-state index contributed by atoms with van der Waals surface area (Å²) in [4.78, 5) is 30.6. The highest BCUT2D eigenvalue weighted by molar-refractivity contribution is 5.65. The molecule has 3 aromatic rings. The van der Waals surface area contributed by atoms with Gasteiger partial charge in [0.05, 0.1) is 10.5 Å². The minimum absolute atomic E-state index is 0.0598. The van der Waals surface area contributed by atoms with E-state index in [1.165, 1.54) is 24.3 Å². The highest BCUT2D eigenvalue weighted by Crippen LogP contribution is 2.25. The van der Waals surface area contributed by atoms with Gasteiger partial charge >= 0.3 is 0 Å². The predicted octanol–water partition coefficient (Wildman–Crippen LogP) is 3.78. The summed E-state index contributed by atoms with van der Waals surface area (Å²) in [6.45, 7) is 0.0792. The summed E-state index contributed by atoms with van der Waals surface area (Å²) in [5, 5.41) is 20.6. The average molecular weight is 393 g/mol. The molecular formula is C22H19NO6. The second-order valence-electron chi connectivity index (χ2n) is 5.83. The van der Waals surface area contributed by atoms with Crippen molar-refractivity contribution in [3.8, 4) is 0 Å². The van der Waals surface area contributed by atoms with Gasteiger partial charge in [0.2, 0.25) is 0 Å². The molecule has 7 heteroatoms. The van der Waals surface area contributed by atoms with Gasteiger partial charge in [-0.05, 0) is 17.2 Å². The summed E-state index contributed by atoms with van der Waals surface area (Å²) in [6.07, 6.45) is -1.42. The first-order chi connectivity index (χ1) is 14.1. The number of aliphatic hydroxyl groups excluding tert-OH is 1. The number of carbonyl (C=O) groups is 2.